The molecule has 0 aliphatic rings. The first-order valence-electron chi connectivity index (χ1n) is 5.57. The van der Waals surface area contributed by atoms with E-state index in [1.165, 1.54) is 30.7 Å². The summed E-state index contributed by atoms with van der Waals surface area (Å²) in [5.41, 5.74) is 0.261. The second kappa shape index (κ2) is 5.36. The van der Waals surface area contributed by atoms with Crippen LogP contribution in [0.3, 0.4) is 0 Å². The van der Waals surface area contributed by atoms with Crippen molar-refractivity contribution in [3.05, 3.63) is 59.7 Å². The van der Waals surface area contributed by atoms with Gasteiger partial charge in [-0.1, -0.05) is 12.1 Å². The van der Waals surface area contributed by atoms with Crippen molar-refractivity contribution in [2.45, 2.75) is 18.7 Å². The van der Waals surface area contributed by atoms with E-state index in [9.17, 15) is 18.3 Å². The third-order valence-electron chi connectivity index (χ3n) is 2.64. The van der Waals surface area contributed by atoms with E-state index in [4.69, 9.17) is 0 Å². The number of aliphatic hydroxyl groups excluding tert-OH is 1. The van der Waals surface area contributed by atoms with Gasteiger partial charge in [0.2, 0.25) is 0 Å². The van der Waals surface area contributed by atoms with Crippen LogP contribution in [-0.4, -0.2) is 15.1 Å². The zero-order valence-corrected chi connectivity index (χ0v) is 9.80. The summed E-state index contributed by atoms with van der Waals surface area (Å²) in [5.74, 6) is 0. The van der Waals surface area contributed by atoms with Crippen LogP contribution in [0.25, 0.3) is 0 Å². The summed E-state index contributed by atoms with van der Waals surface area (Å²) >= 11 is 0. The Hall–Kier alpha value is -1.95. The lowest BCUT2D eigenvalue weighted by atomic mass is 10.0. The van der Waals surface area contributed by atoms with Gasteiger partial charge in [0.1, 0.15) is 0 Å². The van der Waals surface area contributed by atoms with Gasteiger partial charge in [-0.2, -0.15) is 13.2 Å². The first-order valence-corrected chi connectivity index (χ1v) is 5.57. The maximum absolute atomic E-state index is 12.4. The molecule has 0 fully saturated rings. The third kappa shape index (κ3) is 3.51. The van der Waals surface area contributed by atoms with Gasteiger partial charge in [0.15, 0.2) is 0 Å². The highest BCUT2D eigenvalue weighted by Gasteiger charge is 2.30. The van der Waals surface area contributed by atoms with Gasteiger partial charge in [-0.05, 0) is 17.7 Å². The second-order valence-corrected chi connectivity index (χ2v) is 4.04. The fourth-order valence-corrected chi connectivity index (χ4v) is 1.65. The van der Waals surface area contributed by atoms with Crippen LogP contribution in [0, 0.1) is 0 Å². The molecule has 2 aromatic rings. The lowest BCUT2D eigenvalue weighted by molar-refractivity contribution is -0.137. The van der Waals surface area contributed by atoms with Crippen LogP contribution in [0.15, 0.2) is 42.9 Å². The molecule has 0 amide bonds. The number of nitrogens with zero attached hydrogens (tertiary/aromatic N) is 2. The maximum Gasteiger partial charge on any atom is 0.416 e. The van der Waals surface area contributed by atoms with Gasteiger partial charge in [0.25, 0.3) is 0 Å². The summed E-state index contributed by atoms with van der Waals surface area (Å²) in [4.78, 5) is 7.85. The van der Waals surface area contributed by atoms with Crippen molar-refractivity contribution in [1.82, 2.24) is 9.97 Å². The molecule has 0 aliphatic carbocycles. The Balaban J connectivity index is 2.10. The molecule has 1 atom stereocenters. The molecule has 6 heteroatoms. The molecular formula is C13H11F3N2O. The normalized spacial score (nSPS) is 13.3. The van der Waals surface area contributed by atoms with E-state index in [1.54, 1.807) is 0 Å². The van der Waals surface area contributed by atoms with Gasteiger partial charge in [-0.3, -0.25) is 9.97 Å². The monoisotopic (exact) mass is 268 g/mol. The molecular weight excluding hydrogens is 257 g/mol. The van der Waals surface area contributed by atoms with Crippen molar-refractivity contribution in [3.8, 4) is 0 Å². The van der Waals surface area contributed by atoms with Crippen LogP contribution in [0.1, 0.15) is 22.9 Å². The fourth-order valence-electron chi connectivity index (χ4n) is 1.65. The second-order valence-electron chi connectivity index (χ2n) is 4.04. The zero-order valence-electron chi connectivity index (χ0n) is 9.80. The Morgan fingerprint density at radius 1 is 1.11 bits per heavy atom. The number of alkyl halides is 3. The standard InChI is InChI=1S/C13H11F3N2O/c14-13(15,16)10-3-1-9(2-4-10)12(19)7-11-8-17-5-6-18-11/h1-6,8,12,19H,7H2/t12-/m0/s1. The molecule has 0 saturated carbocycles. The van der Waals surface area contributed by atoms with Gasteiger partial charge in [0.05, 0.1) is 17.4 Å². The minimum Gasteiger partial charge on any atom is -0.388 e. The van der Waals surface area contributed by atoms with Crippen LogP contribution in [-0.2, 0) is 12.6 Å². The molecule has 1 N–H and O–H groups in total. The summed E-state index contributed by atoms with van der Waals surface area (Å²) in [5, 5.41) is 9.92. The number of rotatable bonds is 3. The predicted molar refractivity (Wildman–Crippen MR) is 62.1 cm³/mol. The summed E-state index contributed by atoms with van der Waals surface area (Å²) in [6.07, 6.45) is -0.553. The Morgan fingerprint density at radius 2 is 1.79 bits per heavy atom. The summed E-state index contributed by atoms with van der Waals surface area (Å²) in [7, 11) is 0. The van der Waals surface area contributed by atoms with Crippen molar-refractivity contribution in [1.29, 1.82) is 0 Å². The van der Waals surface area contributed by atoms with Gasteiger partial charge >= 0.3 is 6.18 Å². The molecule has 1 heterocycles. The van der Waals surface area contributed by atoms with E-state index in [0.29, 0.717) is 11.3 Å². The molecule has 0 spiro atoms. The van der Waals surface area contributed by atoms with Crippen molar-refractivity contribution >= 4 is 0 Å². The fraction of sp³-hybridized carbons (Fsp3) is 0.231. The van der Waals surface area contributed by atoms with Crippen LogP contribution >= 0.6 is 0 Å². The van der Waals surface area contributed by atoms with Gasteiger partial charge < -0.3 is 5.11 Å². The Bertz CT molecular complexity index is 526. The molecule has 3 nitrogen and oxygen atoms in total. The summed E-state index contributed by atoms with van der Waals surface area (Å²) in [6, 6.07) is 4.44. The molecule has 2 rings (SSSR count). The molecule has 0 aliphatic heterocycles. The third-order valence-corrected chi connectivity index (χ3v) is 2.64. The SMILES string of the molecule is O[C@@H](Cc1cnccn1)c1ccc(C(F)(F)F)cc1. The van der Waals surface area contributed by atoms with Crippen LogP contribution in [0.5, 0.6) is 0 Å². The molecule has 100 valence electrons. The molecule has 19 heavy (non-hydrogen) atoms. The minimum atomic E-state index is -4.37. The smallest absolute Gasteiger partial charge is 0.388 e. The van der Waals surface area contributed by atoms with E-state index in [1.807, 2.05) is 0 Å². The first kappa shape index (κ1) is 13.5. The molecule has 1 aromatic carbocycles. The summed E-state index contributed by atoms with van der Waals surface area (Å²) in [6.45, 7) is 0. The van der Waals surface area contributed by atoms with E-state index in [0.717, 1.165) is 12.1 Å². The number of halogens is 3. The molecule has 0 bridgehead atoms. The van der Waals surface area contributed by atoms with E-state index >= 15 is 0 Å². The van der Waals surface area contributed by atoms with Gasteiger partial charge in [0, 0.05) is 25.0 Å². The largest absolute Gasteiger partial charge is 0.416 e. The number of aliphatic hydroxyl groups is 1. The lowest BCUT2D eigenvalue weighted by Crippen LogP contribution is -2.07. The van der Waals surface area contributed by atoms with Crippen molar-refractivity contribution in [3.63, 3.8) is 0 Å². The molecule has 1 aromatic heterocycles. The predicted octanol–water partition coefficient (Wildman–Crippen LogP) is 2.77. The number of aromatic nitrogens is 2. The van der Waals surface area contributed by atoms with E-state index in [-0.39, 0.29) is 6.42 Å². The topological polar surface area (TPSA) is 46.0 Å². The van der Waals surface area contributed by atoms with Crippen molar-refractivity contribution in [2.75, 3.05) is 0 Å². The number of hydrogen-bond donors (Lipinski definition) is 1. The van der Waals surface area contributed by atoms with E-state index < -0.39 is 17.8 Å². The minimum absolute atomic E-state index is 0.208. The Kier molecular flexibility index (Phi) is 3.80. The highest BCUT2D eigenvalue weighted by molar-refractivity contribution is 5.26. The highest BCUT2D eigenvalue weighted by atomic mass is 19.4. The lowest BCUT2D eigenvalue weighted by Gasteiger charge is -2.12. The Labute approximate surface area is 107 Å². The summed E-state index contributed by atoms with van der Waals surface area (Å²) < 4.78 is 37.2. The molecule has 0 radical (unpaired) electrons. The van der Waals surface area contributed by atoms with Crippen LogP contribution in [0.2, 0.25) is 0 Å². The van der Waals surface area contributed by atoms with Crippen LogP contribution in [0.4, 0.5) is 13.2 Å². The first-order chi connectivity index (χ1) is 8.97. The molecule has 0 saturated heterocycles. The van der Waals surface area contributed by atoms with Crippen molar-refractivity contribution < 1.29 is 18.3 Å². The van der Waals surface area contributed by atoms with Gasteiger partial charge in [-0.15, -0.1) is 0 Å². The number of benzene rings is 1. The maximum atomic E-state index is 12.4. The van der Waals surface area contributed by atoms with E-state index in [2.05, 4.69) is 9.97 Å². The zero-order chi connectivity index (χ0) is 13.9. The average molecular weight is 268 g/mol. The van der Waals surface area contributed by atoms with Gasteiger partial charge in [-0.25, -0.2) is 0 Å². The quantitative estimate of drug-likeness (QED) is 0.931. The highest BCUT2D eigenvalue weighted by Crippen LogP contribution is 2.30. The van der Waals surface area contributed by atoms with Crippen LogP contribution < -0.4 is 0 Å². The number of hydrogen-bond acceptors (Lipinski definition) is 3. The molecule has 0 unspecified atom stereocenters. The average Bonchev–Trinajstić information content (AvgIpc) is 2.39. The van der Waals surface area contributed by atoms with Crippen molar-refractivity contribution in [2.24, 2.45) is 0 Å². The Morgan fingerprint density at radius 3 is 2.32 bits per heavy atom.